The van der Waals surface area contributed by atoms with Crippen molar-refractivity contribution < 1.29 is 4.79 Å². The summed E-state index contributed by atoms with van der Waals surface area (Å²) in [7, 11) is 0. The van der Waals surface area contributed by atoms with Crippen molar-refractivity contribution in [3.63, 3.8) is 0 Å². The maximum absolute atomic E-state index is 13.3. The van der Waals surface area contributed by atoms with Crippen molar-refractivity contribution in [1.29, 1.82) is 0 Å². The molecule has 152 valence electrons. The van der Waals surface area contributed by atoms with Crippen LogP contribution in [0.2, 0.25) is 0 Å². The smallest absolute Gasteiger partial charge is 0.329 e. The Labute approximate surface area is 175 Å². The molecule has 3 aromatic heterocycles. The number of hydrogen-bond acceptors (Lipinski definition) is 6. The van der Waals surface area contributed by atoms with E-state index in [1.165, 1.54) is 0 Å². The lowest BCUT2D eigenvalue weighted by Crippen LogP contribution is -2.48. The molecule has 3 aromatic rings. The summed E-state index contributed by atoms with van der Waals surface area (Å²) >= 11 is 0. The predicted octanol–water partition coefficient (Wildman–Crippen LogP) is 3.44. The van der Waals surface area contributed by atoms with E-state index in [-0.39, 0.29) is 12.1 Å². The first kappa shape index (κ1) is 18.5. The summed E-state index contributed by atoms with van der Waals surface area (Å²) in [6.07, 6.45) is 6.79. The second-order valence-corrected chi connectivity index (χ2v) is 7.66. The van der Waals surface area contributed by atoms with E-state index in [9.17, 15) is 4.79 Å². The summed E-state index contributed by atoms with van der Waals surface area (Å²) in [6.45, 7) is 5.71. The zero-order chi connectivity index (χ0) is 20.7. The average Bonchev–Trinajstić information content (AvgIpc) is 3.18. The molecule has 5 heterocycles. The quantitative estimate of drug-likeness (QED) is 0.723. The Hall–Kier alpha value is -3.55. The van der Waals surface area contributed by atoms with Gasteiger partial charge in [-0.1, -0.05) is 6.92 Å². The molecule has 8 nitrogen and oxygen atoms in total. The van der Waals surface area contributed by atoms with Crippen molar-refractivity contribution in [2.24, 2.45) is 0 Å². The van der Waals surface area contributed by atoms with E-state index in [2.05, 4.69) is 31.2 Å². The van der Waals surface area contributed by atoms with Crippen molar-refractivity contribution in [3.05, 3.63) is 54.2 Å². The molecule has 0 aromatic carbocycles. The molecule has 0 spiro atoms. The van der Waals surface area contributed by atoms with Crippen LogP contribution in [0, 0.1) is 6.92 Å². The Morgan fingerprint density at radius 3 is 2.87 bits per heavy atom. The van der Waals surface area contributed by atoms with Crippen LogP contribution in [0.25, 0.3) is 11.3 Å². The summed E-state index contributed by atoms with van der Waals surface area (Å²) < 4.78 is 0. The lowest BCUT2D eigenvalue weighted by Gasteiger charge is -2.35. The van der Waals surface area contributed by atoms with Gasteiger partial charge < -0.3 is 4.90 Å². The molecule has 30 heavy (non-hydrogen) atoms. The number of fused-ring (bicyclic) bond motifs is 4. The lowest BCUT2D eigenvalue weighted by molar-refractivity contribution is 0.254. The van der Waals surface area contributed by atoms with Crippen LogP contribution in [0.3, 0.4) is 0 Å². The van der Waals surface area contributed by atoms with Gasteiger partial charge in [0.1, 0.15) is 0 Å². The summed E-state index contributed by atoms with van der Waals surface area (Å²) in [5, 5.41) is 2.90. The topological polar surface area (TPSA) is 87.1 Å². The monoisotopic (exact) mass is 401 g/mol. The van der Waals surface area contributed by atoms with Gasteiger partial charge in [0.15, 0.2) is 11.6 Å². The van der Waals surface area contributed by atoms with Crippen LogP contribution in [0.4, 0.5) is 22.1 Å². The maximum atomic E-state index is 13.3. The predicted molar refractivity (Wildman–Crippen MR) is 116 cm³/mol. The molecule has 2 amide bonds. The van der Waals surface area contributed by atoms with Crippen molar-refractivity contribution in [2.75, 3.05) is 28.2 Å². The van der Waals surface area contributed by atoms with Gasteiger partial charge in [0.25, 0.3) is 0 Å². The molecule has 0 saturated carbocycles. The molecule has 1 atom stereocenters. The first-order valence-corrected chi connectivity index (χ1v) is 10.2. The van der Waals surface area contributed by atoms with E-state index in [4.69, 9.17) is 4.98 Å². The SMILES string of the molecule is CCc1cnc(NC(=O)N2c3nc(-c4ccnc(C)c4)ccc3N3CCC2C3)cn1. The van der Waals surface area contributed by atoms with Crippen LogP contribution in [-0.4, -0.2) is 45.1 Å². The zero-order valence-corrected chi connectivity index (χ0v) is 17.0. The molecule has 5 rings (SSSR count). The zero-order valence-electron chi connectivity index (χ0n) is 17.0. The van der Waals surface area contributed by atoms with Crippen LogP contribution in [0.15, 0.2) is 42.9 Å². The molecule has 2 aliphatic rings. The molecule has 1 unspecified atom stereocenters. The third-order valence-electron chi connectivity index (χ3n) is 5.67. The summed E-state index contributed by atoms with van der Waals surface area (Å²) in [5.41, 5.74) is 4.62. The van der Waals surface area contributed by atoms with Crippen molar-refractivity contribution >= 4 is 23.4 Å². The Morgan fingerprint density at radius 1 is 1.20 bits per heavy atom. The highest BCUT2D eigenvalue weighted by molar-refractivity contribution is 6.04. The number of urea groups is 1. The van der Waals surface area contributed by atoms with Crippen LogP contribution in [-0.2, 0) is 6.42 Å². The van der Waals surface area contributed by atoms with Gasteiger partial charge in [-0.05, 0) is 44.0 Å². The van der Waals surface area contributed by atoms with E-state index >= 15 is 0 Å². The number of carbonyl (C=O) groups excluding carboxylic acids is 1. The highest BCUT2D eigenvalue weighted by atomic mass is 16.2. The number of nitrogens with one attached hydrogen (secondary N) is 1. The number of aryl methyl sites for hydroxylation is 2. The van der Waals surface area contributed by atoms with Gasteiger partial charge in [-0.3, -0.25) is 20.2 Å². The molecular weight excluding hydrogens is 378 g/mol. The van der Waals surface area contributed by atoms with E-state index in [1.807, 2.05) is 32.0 Å². The third-order valence-corrected chi connectivity index (χ3v) is 5.67. The van der Waals surface area contributed by atoms with Crippen LogP contribution < -0.4 is 15.1 Å². The Bertz CT molecular complexity index is 1100. The maximum Gasteiger partial charge on any atom is 0.329 e. The standard InChI is InChI=1S/C22H23N7O/c1-3-16-11-25-20(12-24-16)27-22(30)29-17-7-9-28(13-17)19-5-4-18(26-21(19)29)15-6-8-23-14(2)10-15/h4-6,8,10-12,17H,3,7,9,13H2,1-2H3,(H,25,27,30). The van der Waals surface area contributed by atoms with E-state index < -0.39 is 0 Å². The molecule has 2 aliphatic heterocycles. The molecule has 0 radical (unpaired) electrons. The summed E-state index contributed by atoms with van der Waals surface area (Å²) in [6, 6.07) is 7.87. The van der Waals surface area contributed by atoms with Gasteiger partial charge in [-0.15, -0.1) is 0 Å². The Kier molecular flexibility index (Phi) is 4.54. The first-order chi connectivity index (χ1) is 14.6. The minimum absolute atomic E-state index is 0.0855. The van der Waals surface area contributed by atoms with Gasteiger partial charge in [0, 0.05) is 30.5 Å². The van der Waals surface area contributed by atoms with E-state index in [0.717, 1.165) is 54.3 Å². The molecule has 0 aliphatic carbocycles. The fourth-order valence-corrected chi connectivity index (χ4v) is 4.11. The number of anilines is 3. The molecular formula is C22H23N7O. The van der Waals surface area contributed by atoms with Gasteiger partial charge in [-0.2, -0.15) is 0 Å². The van der Waals surface area contributed by atoms with Crippen LogP contribution >= 0.6 is 0 Å². The minimum atomic E-state index is -0.225. The minimum Gasteiger partial charge on any atom is -0.366 e. The van der Waals surface area contributed by atoms with Gasteiger partial charge in [-0.25, -0.2) is 14.8 Å². The number of aromatic nitrogens is 4. The molecule has 1 N–H and O–H groups in total. The highest BCUT2D eigenvalue weighted by Gasteiger charge is 2.40. The lowest BCUT2D eigenvalue weighted by atomic mass is 10.1. The first-order valence-electron chi connectivity index (χ1n) is 10.2. The van der Waals surface area contributed by atoms with Crippen molar-refractivity contribution in [1.82, 2.24) is 19.9 Å². The summed E-state index contributed by atoms with van der Waals surface area (Å²) in [5.74, 6) is 1.13. The number of hydrogen-bond donors (Lipinski definition) is 1. The van der Waals surface area contributed by atoms with Crippen molar-refractivity contribution in [3.8, 4) is 11.3 Å². The fraction of sp³-hybridized carbons (Fsp3) is 0.318. The van der Waals surface area contributed by atoms with Crippen molar-refractivity contribution in [2.45, 2.75) is 32.7 Å². The summed E-state index contributed by atoms with van der Waals surface area (Å²) in [4.78, 5) is 35.1. The van der Waals surface area contributed by atoms with Gasteiger partial charge in [0.2, 0.25) is 0 Å². The van der Waals surface area contributed by atoms with Gasteiger partial charge >= 0.3 is 6.03 Å². The van der Waals surface area contributed by atoms with E-state index in [0.29, 0.717) is 11.6 Å². The molecule has 1 fully saturated rings. The molecule has 2 bridgehead atoms. The highest BCUT2D eigenvalue weighted by Crippen LogP contribution is 2.40. The third kappa shape index (κ3) is 3.24. The number of nitrogens with zero attached hydrogens (tertiary/aromatic N) is 6. The van der Waals surface area contributed by atoms with E-state index in [1.54, 1.807) is 23.5 Å². The van der Waals surface area contributed by atoms with Gasteiger partial charge in [0.05, 0.1) is 35.5 Å². The normalized spacial score (nSPS) is 17.1. The Morgan fingerprint density at radius 2 is 2.10 bits per heavy atom. The van der Waals surface area contributed by atoms with Crippen LogP contribution in [0.5, 0.6) is 0 Å². The molecule has 8 heteroatoms. The second-order valence-electron chi connectivity index (χ2n) is 7.66. The number of pyridine rings is 2. The molecule has 1 saturated heterocycles. The Balaban J connectivity index is 1.50. The van der Waals surface area contributed by atoms with Crippen LogP contribution in [0.1, 0.15) is 24.7 Å². The second kappa shape index (κ2) is 7.37. The average molecular weight is 401 g/mol. The fourth-order valence-electron chi connectivity index (χ4n) is 4.11. The number of rotatable bonds is 3. The number of amides is 2. The number of carbonyl (C=O) groups is 1. The largest absolute Gasteiger partial charge is 0.366 e.